The summed E-state index contributed by atoms with van der Waals surface area (Å²) in [5.41, 5.74) is 0.404. The molecule has 1 aliphatic carbocycles. The highest BCUT2D eigenvalue weighted by molar-refractivity contribution is 5.04. The Morgan fingerprint density at radius 1 is 1.33 bits per heavy atom. The lowest BCUT2D eigenvalue weighted by Crippen LogP contribution is -2.64. The zero-order valence-corrected chi connectivity index (χ0v) is 12.8. The summed E-state index contributed by atoms with van der Waals surface area (Å²) in [6.45, 7) is 13.2. The van der Waals surface area contributed by atoms with Gasteiger partial charge in [0.25, 0.3) is 0 Å². The van der Waals surface area contributed by atoms with Crippen molar-refractivity contribution in [2.75, 3.05) is 19.6 Å². The Morgan fingerprint density at radius 2 is 2.06 bits per heavy atom. The van der Waals surface area contributed by atoms with E-state index in [0.29, 0.717) is 5.54 Å². The van der Waals surface area contributed by atoms with Crippen molar-refractivity contribution in [3.05, 3.63) is 0 Å². The van der Waals surface area contributed by atoms with E-state index in [1.165, 1.54) is 51.7 Å². The van der Waals surface area contributed by atoms with Gasteiger partial charge in [0, 0.05) is 24.7 Å². The van der Waals surface area contributed by atoms with Crippen molar-refractivity contribution >= 4 is 0 Å². The van der Waals surface area contributed by atoms with Gasteiger partial charge in [-0.1, -0.05) is 27.2 Å². The van der Waals surface area contributed by atoms with Crippen molar-refractivity contribution in [2.24, 2.45) is 11.8 Å². The Hall–Kier alpha value is -0.0800. The largest absolute Gasteiger partial charge is 0.308 e. The number of hydrogen-bond acceptors (Lipinski definition) is 2. The van der Waals surface area contributed by atoms with Crippen LogP contribution in [0.2, 0.25) is 0 Å². The van der Waals surface area contributed by atoms with E-state index in [0.717, 1.165) is 17.9 Å². The predicted octanol–water partition coefficient (Wildman–Crippen LogP) is 3.28. The van der Waals surface area contributed by atoms with E-state index in [9.17, 15) is 0 Å². The molecule has 2 aliphatic rings. The highest BCUT2D eigenvalue weighted by Gasteiger charge is 2.45. The van der Waals surface area contributed by atoms with Crippen LogP contribution in [0.25, 0.3) is 0 Å². The second kappa shape index (κ2) is 5.92. The summed E-state index contributed by atoms with van der Waals surface area (Å²) in [6.07, 6.45) is 6.90. The molecule has 0 spiro atoms. The van der Waals surface area contributed by atoms with Gasteiger partial charge >= 0.3 is 0 Å². The van der Waals surface area contributed by atoms with Crippen molar-refractivity contribution in [1.29, 1.82) is 0 Å². The minimum absolute atomic E-state index is 0.404. The summed E-state index contributed by atoms with van der Waals surface area (Å²) in [5.74, 6) is 1.77. The van der Waals surface area contributed by atoms with Crippen molar-refractivity contribution in [2.45, 2.75) is 71.4 Å². The van der Waals surface area contributed by atoms with Crippen LogP contribution in [0, 0.1) is 11.8 Å². The third kappa shape index (κ3) is 3.48. The lowest BCUT2D eigenvalue weighted by Gasteiger charge is -2.47. The van der Waals surface area contributed by atoms with Gasteiger partial charge in [0.2, 0.25) is 0 Å². The topological polar surface area (TPSA) is 15.3 Å². The molecule has 2 heteroatoms. The van der Waals surface area contributed by atoms with Crippen LogP contribution in [0.4, 0.5) is 0 Å². The Balaban J connectivity index is 1.93. The van der Waals surface area contributed by atoms with Crippen LogP contribution in [0.1, 0.15) is 59.8 Å². The van der Waals surface area contributed by atoms with Gasteiger partial charge in [-0.2, -0.15) is 0 Å². The molecule has 2 rings (SSSR count). The van der Waals surface area contributed by atoms with Gasteiger partial charge < -0.3 is 5.32 Å². The molecular weight excluding hydrogens is 220 g/mol. The summed E-state index contributed by atoms with van der Waals surface area (Å²) in [5, 5.41) is 3.87. The number of piperazine rings is 1. The second-order valence-electron chi connectivity index (χ2n) is 7.17. The number of nitrogens with one attached hydrogen (secondary N) is 1. The lowest BCUT2D eigenvalue weighted by molar-refractivity contribution is 0.0664. The fourth-order valence-corrected chi connectivity index (χ4v) is 3.38. The zero-order valence-electron chi connectivity index (χ0n) is 12.8. The highest BCUT2D eigenvalue weighted by atomic mass is 15.3. The summed E-state index contributed by atoms with van der Waals surface area (Å²) < 4.78 is 0. The van der Waals surface area contributed by atoms with Gasteiger partial charge in [-0.3, -0.25) is 4.90 Å². The zero-order chi connectivity index (χ0) is 13.2. The minimum atomic E-state index is 0.404. The molecule has 0 aromatic carbocycles. The maximum atomic E-state index is 3.87. The van der Waals surface area contributed by atoms with E-state index < -0.39 is 0 Å². The quantitative estimate of drug-likeness (QED) is 0.780. The maximum absolute atomic E-state index is 3.87. The van der Waals surface area contributed by atoms with Crippen molar-refractivity contribution in [1.82, 2.24) is 10.2 Å². The van der Waals surface area contributed by atoms with Gasteiger partial charge in [0.1, 0.15) is 0 Å². The molecule has 2 fully saturated rings. The molecule has 0 amide bonds. The molecule has 0 aromatic heterocycles. The smallest absolute Gasteiger partial charge is 0.0309 e. The molecule has 1 saturated carbocycles. The fraction of sp³-hybridized carbons (Fsp3) is 1.00. The van der Waals surface area contributed by atoms with Crippen LogP contribution in [-0.2, 0) is 0 Å². The molecule has 1 heterocycles. The molecule has 1 aliphatic heterocycles. The molecule has 1 N–H and O–H groups in total. The maximum Gasteiger partial charge on any atom is 0.0309 e. The van der Waals surface area contributed by atoms with E-state index in [1.807, 2.05) is 0 Å². The summed E-state index contributed by atoms with van der Waals surface area (Å²) in [6, 6.07) is 0.778. The number of hydrogen-bond donors (Lipinski definition) is 1. The van der Waals surface area contributed by atoms with E-state index >= 15 is 0 Å². The monoisotopic (exact) mass is 252 g/mol. The van der Waals surface area contributed by atoms with Crippen LogP contribution in [0.15, 0.2) is 0 Å². The normalized spacial score (nSPS) is 34.2. The summed E-state index contributed by atoms with van der Waals surface area (Å²) in [4.78, 5) is 2.79. The molecule has 0 aromatic rings. The van der Waals surface area contributed by atoms with Gasteiger partial charge in [-0.05, 0) is 51.0 Å². The second-order valence-corrected chi connectivity index (χ2v) is 7.17. The molecule has 0 radical (unpaired) electrons. The Morgan fingerprint density at radius 3 is 2.61 bits per heavy atom. The first-order valence-electron chi connectivity index (χ1n) is 8.04. The van der Waals surface area contributed by atoms with Crippen molar-refractivity contribution < 1.29 is 0 Å². The van der Waals surface area contributed by atoms with Crippen LogP contribution >= 0.6 is 0 Å². The van der Waals surface area contributed by atoms with E-state index in [1.54, 1.807) is 0 Å². The average Bonchev–Trinajstić information content (AvgIpc) is 3.14. The molecule has 0 bridgehead atoms. The Bertz CT molecular complexity index is 260. The van der Waals surface area contributed by atoms with Crippen LogP contribution < -0.4 is 5.32 Å². The molecule has 18 heavy (non-hydrogen) atoms. The fourth-order valence-electron chi connectivity index (χ4n) is 3.38. The van der Waals surface area contributed by atoms with Gasteiger partial charge in [0.15, 0.2) is 0 Å². The molecule has 2 atom stereocenters. The molecular formula is C16H32N2. The van der Waals surface area contributed by atoms with Crippen LogP contribution in [0.5, 0.6) is 0 Å². The third-order valence-electron chi connectivity index (χ3n) is 4.88. The van der Waals surface area contributed by atoms with Crippen molar-refractivity contribution in [3.63, 3.8) is 0 Å². The van der Waals surface area contributed by atoms with Crippen LogP contribution in [-0.4, -0.2) is 36.1 Å². The van der Waals surface area contributed by atoms with Gasteiger partial charge in [-0.25, -0.2) is 0 Å². The highest BCUT2D eigenvalue weighted by Crippen LogP contribution is 2.41. The predicted molar refractivity (Wildman–Crippen MR) is 78.9 cm³/mol. The SMILES string of the molecule is CCCC1CNC(C)(C2CC2)CN1CCC(C)C. The number of nitrogens with zero attached hydrogens (tertiary/aromatic N) is 1. The van der Waals surface area contributed by atoms with Crippen LogP contribution in [0.3, 0.4) is 0 Å². The number of rotatable bonds is 6. The van der Waals surface area contributed by atoms with E-state index in [2.05, 4.69) is 37.9 Å². The first kappa shape index (κ1) is 14.3. The standard InChI is InChI=1S/C16H32N2/c1-5-6-15-11-17-16(4,14-7-8-14)12-18(15)10-9-13(2)3/h13-15,17H,5-12H2,1-4H3. The Kier molecular flexibility index (Phi) is 4.71. The molecule has 1 saturated heterocycles. The van der Waals surface area contributed by atoms with Crippen molar-refractivity contribution in [3.8, 4) is 0 Å². The van der Waals surface area contributed by atoms with Gasteiger partial charge in [-0.15, -0.1) is 0 Å². The molecule has 2 unspecified atom stereocenters. The average molecular weight is 252 g/mol. The Labute approximate surface area is 114 Å². The molecule has 2 nitrogen and oxygen atoms in total. The first-order chi connectivity index (χ1) is 8.55. The minimum Gasteiger partial charge on any atom is -0.308 e. The summed E-state index contributed by atoms with van der Waals surface area (Å²) in [7, 11) is 0. The molecule has 106 valence electrons. The van der Waals surface area contributed by atoms with Gasteiger partial charge in [0.05, 0.1) is 0 Å². The third-order valence-corrected chi connectivity index (χ3v) is 4.88. The summed E-state index contributed by atoms with van der Waals surface area (Å²) >= 11 is 0. The lowest BCUT2D eigenvalue weighted by atomic mass is 9.89. The first-order valence-corrected chi connectivity index (χ1v) is 8.04. The van der Waals surface area contributed by atoms with E-state index in [-0.39, 0.29) is 0 Å². The van der Waals surface area contributed by atoms with E-state index in [4.69, 9.17) is 0 Å².